The Hall–Kier alpha value is -0.200. The average Bonchev–Trinajstić information content (AvgIpc) is 1.30. The lowest BCUT2D eigenvalue weighted by molar-refractivity contribution is 0.618. The molecule has 0 radical (unpaired) electrons. The first-order chi connectivity index (χ1) is 3.06. The van der Waals surface area contributed by atoms with Crippen molar-refractivity contribution in [1.29, 1.82) is 0 Å². The van der Waals surface area contributed by atoms with Crippen LogP contribution >= 0.6 is 10.7 Å². The van der Waals surface area contributed by atoms with Gasteiger partial charge in [0.25, 0.3) is 0 Å². The minimum atomic E-state index is -3.56. The summed E-state index contributed by atoms with van der Waals surface area (Å²) in [7, 11) is 1.07. The first kappa shape index (κ1) is 6.80. The summed E-state index contributed by atoms with van der Waals surface area (Å²) in [6.45, 7) is 1.40. The second-order valence-electron chi connectivity index (χ2n) is 0.790. The van der Waals surface area contributed by atoms with Gasteiger partial charge in [-0.2, -0.15) is 8.42 Å². The van der Waals surface area contributed by atoms with Crippen LogP contribution in [0.15, 0.2) is 0 Å². The number of halogens is 1. The molecule has 0 aromatic carbocycles. The van der Waals surface area contributed by atoms with E-state index in [4.69, 9.17) is 0 Å². The highest BCUT2D eigenvalue weighted by atomic mass is 35.7. The molecule has 0 aliphatic heterocycles. The van der Waals surface area contributed by atoms with Gasteiger partial charge in [-0.25, -0.2) is 0 Å². The summed E-state index contributed by atoms with van der Waals surface area (Å²) in [5, 5.41) is 1.77. The minimum Gasteiger partial charge on any atom is -0.198 e. The number of rotatable bonds is 0. The summed E-state index contributed by atoms with van der Waals surface area (Å²) in [6, 6.07) is 0. The van der Waals surface area contributed by atoms with Gasteiger partial charge in [-0.1, -0.05) is 5.92 Å². The third-order valence-corrected chi connectivity index (χ3v) is 0.903. The van der Waals surface area contributed by atoms with Crippen LogP contribution in [0.3, 0.4) is 0 Å². The van der Waals surface area contributed by atoms with Crippen LogP contribution in [0.25, 0.3) is 0 Å². The molecule has 0 saturated heterocycles. The number of hydrogen-bond donors (Lipinski definition) is 0. The van der Waals surface area contributed by atoms with E-state index in [1.165, 1.54) is 6.92 Å². The van der Waals surface area contributed by atoms with Crippen molar-refractivity contribution in [3.63, 3.8) is 0 Å². The lowest BCUT2D eigenvalue weighted by atomic mass is 10.9. The summed E-state index contributed by atoms with van der Waals surface area (Å²) in [5.74, 6) is 2.14. The topological polar surface area (TPSA) is 34.1 Å². The molecular formula is C3H3ClO2S. The molecule has 0 aliphatic rings. The first-order valence-corrected chi connectivity index (χ1v) is 3.75. The van der Waals surface area contributed by atoms with Gasteiger partial charge >= 0.3 is 9.05 Å². The molecule has 2 nitrogen and oxygen atoms in total. The summed E-state index contributed by atoms with van der Waals surface area (Å²) in [4.78, 5) is 0. The third kappa shape index (κ3) is 5.80. The first-order valence-electron chi connectivity index (χ1n) is 1.44. The molecule has 7 heavy (non-hydrogen) atoms. The SMILES string of the molecule is CC#CS(=O)(=O)Cl. The monoisotopic (exact) mass is 138 g/mol. The van der Waals surface area contributed by atoms with E-state index in [1.807, 2.05) is 0 Å². The van der Waals surface area contributed by atoms with Crippen LogP contribution in [0.1, 0.15) is 6.92 Å². The van der Waals surface area contributed by atoms with Crippen LogP contribution in [-0.2, 0) is 9.05 Å². The quantitative estimate of drug-likeness (QED) is 0.362. The van der Waals surface area contributed by atoms with Crippen LogP contribution in [0, 0.1) is 11.2 Å². The highest BCUT2D eigenvalue weighted by Crippen LogP contribution is 1.89. The fraction of sp³-hybridized carbons (Fsp3) is 0.333. The van der Waals surface area contributed by atoms with Gasteiger partial charge in [0.05, 0.1) is 0 Å². The van der Waals surface area contributed by atoms with Gasteiger partial charge in [0.1, 0.15) is 0 Å². The molecule has 0 rings (SSSR count). The van der Waals surface area contributed by atoms with E-state index in [2.05, 4.69) is 16.6 Å². The Morgan fingerprint density at radius 1 is 1.57 bits per heavy atom. The molecule has 0 unspecified atom stereocenters. The predicted octanol–water partition coefficient (Wildman–Crippen LogP) is 0.536. The standard InChI is InChI=1S/C3H3ClO2S/c1-2-3-7(4,5)6/h1H3. The molecule has 0 aromatic rings. The fourth-order valence-electron chi connectivity index (χ4n) is 0.122. The molecule has 0 amide bonds. The third-order valence-electron chi connectivity index (χ3n) is 0.224. The van der Waals surface area contributed by atoms with Gasteiger partial charge in [-0.05, 0) is 6.92 Å². The van der Waals surface area contributed by atoms with Crippen LogP contribution in [0.2, 0.25) is 0 Å². The van der Waals surface area contributed by atoms with E-state index in [-0.39, 0.29) is 0 Å². The summed E-state index contributed by atoms with van der Waals surface area (Å²) >= 11 is 0. The van der Waals surface area contributed by atoms with E-state index < -0.39 is 9.05 Å². The van der Waals surface area contributed by atoms with Gasteiger partial charge < -0.3 is 0 Å². The van der Waals surface area contributed by atoms with Gasteiger partial charge in [0, 0.05) is 15.9 Å². The van der Waals surface area contributed by atoms with Crippen molar-refractivity contribution >= 4 is 19.7 Å². The van der Waals surface area contributed by atoms with Gasteiger partial charge in [0.2, 0.25) is 0 Å². The van der Waals surface area contributed by atoms with Crippen molar-refractivity contribution in [1.82, 2.24) is 0 Å². The van der Waals surface area contributed by atoms with Crippen LogP contribution < -0.4 is 0 Å². The van der Waals surface area contributed by atoms with Crippen molar-refractivity contribution in [3.05, 3.63) is 0 Å². The maximum absolute atomic E-state index is 9.82. The molecule has 0 bridgehead atoms. The lowest BCUT2D eigenvalue weighted by Crippen LogP contribution is -1.77. The Morgan fingerprint density at radius 2 is 2.00 bits per heavy atom. The van der Waals surface area contributed by atoms with E-state index in [9.17, 15) is 8.42 Å². The summed E-state index contributed by atoms with van der Waals surface area (Å²) in [6.07, 6.45) is 0. The van der Waals surface area contributed by atoms with Crippen LogP contribution in [0.4, 0.5) is 0 Å². The molecule has 0 N–H and O–H groups in total. The molecular weight excluding hydrogens is 136 g/mol. The zero-order valence-corrected chi connectivity index (χ0v) is 5.18. The second kappa shape index (κ2) is 2.20. The van der Waals surface area contributed by atoms with E-state index in [0.29, 0.717) is 0 Å². The highest BCUT2D eigenvalue weighted by molar-refractivity contribution is 8.17. The maximum Gasteiger partial charge on any atom is 0.300 e. The van der Waals surface area contributed by atoms with Gasteiger partial charge in [0.15, 0.2) is 0 Å². The van der Waals surface area contributed by atoms with Crippen molar-refractivity contribution in [3.8, 4) is 11.2 Å². The molecule has 0 saturated carbocycles. The molecule has 0 spiro atoms. The lowest BCUT2D eigenvalue weighted by Gasteiger charge is -1.68. The summed E-state index contributed by atoms with van der Waals surface area (Å²) < 4.78 is 19.6. The van der Waals surface area contributed by atoms with Crippen molar-refractivity contribution in [2.75, 3.05) is 0 Å². The molecule has 0 aliphatic carbocycles. The van der Waals surface area contributed by atoms with Crippen molar-refractivity contribution in [2.45, 2.75) is 6.92 Å². The second-order valence-corrected chi connectivity index (χ2v) is 3.09. The zero-order chi connectivity index (χ0) is 5.91. The smallest absolute Gasteiger partial charge is 0.198 e. The van der Waals surface area contributed by atoms with Crippen molar-refractivity contribution in [2.24, 2.45) is 0 Å². The molecule has 0 heterocycles. The van der Waals surface area contributed by atoms with Crippen LogP contribution in [0.5, 0.6) is 0 Å². The van der Waals surface area contributed by atoms with E-state index >= 15 is 0 Å². The van der Waals surface area contributed by atoms with Gasteiger partial charge in [-0.3, -0.25) is 0 Å². The van der Waals surface area contributed by atoms with E-state index in [0.717, 1.165) is 0 Å². The van der Waals surface area contributed by atoms with Gasteiger partial charge in [-0.15, -0.1) is 0 Å². The minimum absolute atomic E-state index is 1.40. The normalized spacial score (nSPS) is 9.43. The fourth-order valence-corrected chi connectivity index (χ4v) is 0.597. The number of hydrogen-bond acceptors (Lipinski definition) is 2. The van der Waals surface area contributed by atoms with Crippen molar-refractivity contribution < 1.29 is 8.42 Å². The Kier molecular flexibility index (Phi) is 2.13. The Labute approximate surface area is 46.9 Å². The Balaban J connectivity index is 4.34. The molecule has 0 atom stereocenters. The maximum atomic E-state index is 9.82. The Bertz CT molecular complexity index is 193. The molecule has 0 fully saturated rings. The predicted molar refractivity (Wildman–Crippen MR) is 28.2 cm³/mol. The zero-order valence-electron chi connectivity index (χ0n) is 3.60. The average molecular weight is 139 g/mol. The van der Waals surface area contributed by atoms with Crippen LogP contribution in [-0.4, -0.2) is 8.42 Å². The molecule has 40 valence electrons. The largest absolute Gasteiger partial charge is 0.300 e. The molecule has 4 heteroatoms. The summed E-state index contributed by atoms with van der Waals surface area (Å²) in [5.41, 5.74) is 0. The van der Waals surface area contributed by atoms with E-state index in [1.54, 1.807) is 5.25 Å². The highest BCUT2D eigenvalue weighted by Gasteiger charge is 1.92. The molecule has 0 aromatic heterocycles. The Morgan fingerprint density at radius 3 is 2.00 bits per heavy atom.